The molecular formula is C14H19Cl2FN4O. The van der Waals surface area contributed by atoms with Gasteiger partial charge in [0.25, 0.3) is 0 Å². The first-order valence-electron chi connectivity index (χ1n) is 6.18. The summed E-state index contributed by atoms with van der Waals surface area (Å²) in [6.07, 6.45) is 2.84. The van der Waals surface area contributed by atoms with Crippen LogP contribution in [0.15, 0.2) is 36.7 Å². The molecule has 1 heterocycles. The number of methoxy groups -OCH3 is 1. The lowest BCUT2D eigenvalue weighted by Crippen LogP contribution is -2.31. The van der Waals surface area contributed by atoms with Gasteiger partial charge >= 0.3 is 0 Å². The second kappa shape index (κ2) is 9.53. The Morgan fingerprint density at radius 3 is 2.09 bits per heavy atom. The lowest BCUT2D eigenvalue weighted by atomic mass is 10.0. The van der Waals surface area contributed by atoms with E-state index in [1.165, 1.54) is 7.11 Å². The predicted molar refractivity (Wildman–Crippen MR) is 90.1 cm³/mol. The number of nitrogens with zero attached hydrogens (tertiary/aromatic N) is 2. The van der Waals surface area contributed by atoms with Crippen LogP contribution in [0.5, 0.6) is 0 Å². The Kier molecular flexibility index (Phi) is 8.89. The average Bonchev–Trinajstić information content (AvgIpc) is 2.49. The minimum atomic E-state index is -0.675. The molecule has 0 aliphatic carbocycles. The maximum atomic E-state index is 12.7. The summed E-state index contributed by atoms with van der Waals surface area (Å²) in [5, 5.41) is 0. The van der Waals surface area contributed by atoms with E-state index in [0.717, 1.165) is 16.7 Å². The van der Waals surface area contributed by atoms with Crippen molar-refractivity contribution in [1.82, 2.24) is 9.97 Å². The highest BCUT2D eigenvalue weighted by atomic mass is 35.5. The van der Waals surface area contributed by atoms with Gasteiger partial charge in [0, 0.05) is 25.1 Å². The van der Waals surface area contributed by atoms with Crippen molar-refractivity contribution in [2.24, 2.45) is 5.73 Å². The fourth-order valence-electron chi connectivity index (χ4n) is 1.99. The van der Waals surface area contributed by atoms with E-state index in [4.69, 9.17) is 16.2 Å². The first kappa shape index (κ1) is 20.5. The molecule has 0 radical (unpaired) electrons. The molecule has 0 fully saturated rings. The Hall–Kier alpha value is -1.47. The van der Waals surface area contributed by atoms with Crippen LogP contribution in [0, 0.1) is 0 Å². The molecule has 4 N–H and O–H groups in total. The number of nitrogen functional groups attached to an aromatic ring is 1. The Balaban J connectivity index is 0.00000220. The lowest BCUT2D eigenvalue weighted by molar-refractivity contribution is 0.0721. The molecule has 0 unspecified atom stereocenters. The van der Waals surface area contributed by atoms with E-state index in [1.54, 1.807) is 12.4 Å². The maximum Gasteiger partial charge on any atom is 0.219 e. The fraction of sp³-hybridized carbons (Fsp3) is 0.286. The highest BCUT2D eigenvalue weighted by molar-refractivity contribution is 5.85. The van der Waals surface area contributed by atoms with Crippen molar-refractivity contribution in [3.05, 3.63) is 42.2 Å². The van der Waals surface area contributed by atoms with Crippen LogP contribution >= 0.6 is 24.8 Å². The molecule has 8 heteroatoms. The highest BCUT2D eigenvalue weighted by Gasteiger charge is 2.19. The van der Waals surface area contributed by atoms with E-state index in [1.807, 2.05) is 24.3 Å². The fourth-order valence-corrected chi connectivity index (χ4v) is 1.99. The van der Waals surface area contributed by atoms with Crippen molar-refractivity contribution < 1.29 is 9.13 Å². The second-order valence-corrected chi connectivity index (χ2v) is 4.43. The number of aromatic nitrogens is 2. The van der Waals surface area contributed by atoms with Crippen LogP contribution in [-0.4, -0.2) is 29.8 Å². The van der Waals surface area contributed by atoms with Gasteiger partial charge in [-0.15, -0.1) is 24.8 Å². The van der Waals surface area contributed by atoms with Crippen molar-refractivity contribution in [2.45, 2.75) is 12.1 Å². The van der Waals surface area contributed by atoms with Crippen molar-refractivity contribution in [3.63, 3.8) is 0 Å². The summed E-state index contributed by atoms with van der Waals surface area (Å²) in [6, 6.07) is 6.82. The number of halogens is 3. The normalized spacial score (nSPS) is 12.7. The second-order valence-electron chi connectivity index (χ2n) is 4.43. The Morgan fingerprint density at radius 2 is 1.64 bits per heavy atom. The SMILES string of the molecule is CO[C@H](c1ccc(-c2cnc(N)nc2)cc1)[C@H](N)CF.Cl.Cl. The molecule has 0 aliphatic heterocycles. The van der Waals surface area contributed by atoms with Crippen LogP contribution in [0.3, 0.4) is 0 Å². The first-order chi connectivity index (χ1) is 9.65. The maximum absolute atomic E-state index is 12.7. The number of rotatable bonds is 5. The van der Waals surface area contributed by atoms with Crippen LogP contribution in [0.2, 0.25) is 0 Å². The zero-order valence-electron chi connectivity index (χ0n) is 12.0. The molecule has 2 rings (SSSR count). The van der Waals surface area contributed by atoms with Gasteiger partial charge < -0.3 is 16.2 Å². The van der Waals surface area contributed by atoms with E-state index >= 15 is 0 Å². The first-order valence-corrected chi connectivity index (χ1v) is 6.18. The zero-order chi connectivity index (χ0) is 14.5. The molecule has 2 atom stereocenters. The number of anilines is 1. The smallest absolute Gasteiger partial charge is 0.219 e. The van der Waals surface area contributed by atoms with E-state index in [2.05, 4.69) is 9.97 Å². The van der Waals surface area contributed by atoms with Crippen LogP contribution in [-0.2, 0) is 4.74 Å². The quantitative estimate of drug-likeness (QED) is 0.866. The molecule has 2 aromatic rings. The third kappa shape index (κ3) is 4.78. The van der Waals surface area contributed by atoms with Crippen LogP contribution < -0.4 is 11.5 Å². The molecule has 0 saturated heterocycles. The lowest BCUT2D eigenvalue weighted by Gasteiger charge is -2.20. The van der Waals surface area contributed by atoms with Crippen LogP contribution in [0.1, 0.15) is 11.7 Å². The molecule has 0 aliphatic rings. The Morgan fingerprint density at radius 1 is 1.09 bits per heavy atom. The summed E-state index contributed by atoms with van der Waals surface area (Å²) in [5.41, 5.74) is 13.8. The molecule has 1 aromatic heterocycles. The molecule has 122 valence electrons. The van der Waals surface area contributed by atoms with Gasteiger partial charge in [0.15, 0.2) is 0 Å². The average molecular weight is 349 g/mol. The summed E-state index contributed by atoms with van der Waals surface area (Å²) < 4.78 is 17.9. The van der Waals surface area contributed by atoms with Crippen molar-refractivity contribution >= 4 is 30.8 Å². The number of hydrogen-bond acceptors (Lipinski definition) is 5. The van der Waals surface area contributed by atoms with E-state index in [-0.39, 0.29) is 30.8 Å². The third-order valence-electron chi connectivity index (χ3n) is 3.07. The van der Waals surface area contributed by atoms with E-state index < -0.39 is 18.8 Å². The van der Waals surface area contributed by atoms with Gasteiger partial charge in [-0.25, -0.2) is 14.4 Å². The van der Waals surface area contributed by atoms with Crippen molar-refractivity contribution in [2.75, 3.05) is 19.5 Å². The minimum Gasteiger partial charge on any atom is -0.375 e. The summed E-state index contributed by atoms with van der Waals surface area (Å²) in [6.45, 7) is -0.633. The van der Waals surface area contributed by atoms with Gasteiger partial charge in [-0.3, -0.25) is 0 Å². The molecule has 0 spiro atoms. The summed E-state index contributed by atoms with van der Waals surface area (Å²) in [4.78, 5) is 7.89. The zero-order valence-corrected chi connectivity index (χ0v) is 13.6. The standard InChI is InChI=1S/C14H17FN4O.2ClH/c1-20-13(12(16)6-15)10-4-2-9(3-5-10)11-7-18-14(17)19-8-11;;/h2-5,7-8,12-13H,6,16H2,1H3,(H2,17,18,19);2*1H/t12-,13-;;/m1../s1. The van der Waals surface area contributed by atoms with Crippen LogP contribution in [0.25, 0.3) is 11.1 Å². The topological polar surface area (TPSA) is 87.0 Å². The molecular weight excluding hydrogens is 330 g/mol. The number of alkyl halides is 1. The Bertz CT molecular complexity index is 554. The summed E-state index contributed by atoms with van der Waals surface area (Å²) >= 11 is 0. The van der Waals surface area contributed by atoms with E-state index in [0.29, 0.717) is 0 Å². The number of hydrogen-bond donors (Lipinski definition) is 2. The van der Waals surface area contributed by atoms with Gasteiger partial charge in [-0.1, -0.05) is 24.3 Å². The highest BCUT2D eigenvalue weighted by Crippen LogP contribution is 2.24. The van der Waals surface area contributed by atoms with Crippen molar-refractivity contribution in [3.8, 4) is 11.1 Å². The third-order valence-corrected chi connectivity index (χ3v) is 3.07. The van der Waals surface area contributed by atoms with E-state index in [9.17, 15) is 4.39 Å². The number of nitrogens with two attached hydrogens (primary N) is 2. The van der Waals surface area contributed by atoms with Crippen molar-refractivity contribution in [1.29, 1.82) is 0 Å². The van der Waals surface area contributed by atoms with Gasteiger partial charge in [0.05, 0.1) is 12.1 Å². The van der Waals surface area contributed by atoms with Gasteiger partial charge in [0.1, 0.15) is 6.67 Å². The summed E-state index contributed by atoms with van der Waals surface area (Å²) in [5.74, 6) is 0.235. The number of benzene rings is 1. The monoisotopic (exact) mass is 348 g/mol. The van der Waals surface area contributed by atoms with Crippen LogP contribution in [0.4, 0.5) is 10.3 Å². The van der Waals surface area contributed by atoms with Gasteiger partial charge in [-0.2, -0.15) is 0 Å². The van der Waals surface area contributed by atoms with Gasteiger partial charge in [0.2, 0.25) is 5.95 Å². The minimum absolute atomic E-state index is 0. The van der Waals surface area contributed by atoms with Gasteiger partial charge in [-0.05, 0) is 11.1 Å². The molecule has 0 saturated carbocycles. The molecule has 5 nitrogen and oxygen atoms in total. The number of ether oxygens (including phenoxy) is 1. The predicted octanol–water partition coefficient (Wildman–Crippen LogP) is 2.55. The largest absolute Gasteiger partial charge is 0.375 e. The molecule has 1 aromatic carbocycles. The molecule has 22 heavy (non-hydrogen) atoms. The molecule has 0 bridgehead atoms. The summed E-state index contributed by atoms with van der Waals surface area (Å²) in [7, 11) is 1.52. The molecule has 0 amide bonds. The Labute approximate surface area is 141 Å².